The van der Waals surface area contributed by atoms with Gasteiger partial charge in [0, 0.05) is 23.3 Å². The predicted molar refractivity (Wildman–Crippen MR) is 138 cm³/mol. The minimum absolute atomic E-state index is 0.00226. The Balaban J connectivity index is 1.79. The van der Waals surface area contributed by atoms with E-state index in [0.717, 1.165) is 18.7 Å². The molecular formula is C28H34ClN5. The summed E-state index contributed by atoms with van der Waals surface area (Å²) in [5.74, 6) is 0. The topological polar surface area (TPSA) is 76.6 Å². The van der Waals surface area contributed by atoms with Crippen molar-refractivity contribution < 1.29 is 0 Å². The number of halogens is 1. The molecule has 2 heterocycles. The van der Waals surface area contributed by atoms with Crippen LogP contribution in [0.1, 0.15) is 101 Å². The molecule has 1 aromatic carbocycles. The minimum Gasteiger partial charge on any atom is -0.344 e. The highest BCUT2D eigenvalue weighted by molar-refractivity contribution is 6.30. The number of aromatic nitrogens is 2. The Bertz CT molecular complexity index is 1110. The second kappa shape index (κ2) is 12.0. The standard InChI is InChI=1S/C28H34ClN5/c1-4-5-6-7-8-9-10-11-14-17-34-25-16-13-12-15-21(25)28(2,3)26(34)18-22-27(29)33-24(20-31)23(19-30)32-22/h12-13,15-16,18H,4-11,14,17H2,1-3H3/b26-18+. The molecule has 0 radical (unpaired) electrons. The maximum absolute atomic E-state index is 9.39. The lowest BCUT2D eigenvalue weighted by Crippen LogP contribution is -2.27. The van der Waals surface area contributed by atoms with Crippen molar-refractivity contribution in [3.05, 3.63) is 57.8 Å². The summed E-state index contributed by atoms with van der Waals surface area (Å²) in [6.07, 6.45) is 13.5. The summed E-state index contributed by atoms with van der Waals surface area (Å²) in [4.78, 5) is 10.8. The molecular weight excluding hydrogens is 442 g/mol. The van der Waals surface area contributed by atoms with Crippen LogP contribution in [0, 0.1) is 22.7 Å². The molecule has 1 aromatic heterocycles. The van der Waals surface area contributed by atoms with Gasteiger partial charge in [0.25, 0.3) is 0 Å². The molecule has 2 aromatic rings. The Morgan fingerprint density at radius 2 is 1.50 bits per heavy atom. The van der Waals surface area contributed by atoms with Gasteiger partial charge in [-0.15, -0.1) is 0 Å². The highest BCUT2D eigenvalue weighted by Gasteiger charge is 2.39. The zero-order valence-corrected chi connectivity index (χ0v) is 21.3. The molecule has 0 amide bonds. The van der Waals surface area contributed by atoms with Crippen LogP contribution in [0.25, 0.3) is 6.08 Å². The zero-order valence-electron chi connectivity index (χ0n) is 20.6. The molecule has 5 nitrogen and oxygen atoms in total. The number of benzene rings is 1. The van der Waals surface area contributed by atoms with Gasteiger partial charge in [-0.1, -0.05) is 102 Å². The first-order valence-corrected chi connectivity index (χ1v) is 12.8. The molecule has 1 aliphatic rings. The first-order chi connectivity index (χ1) is 16.4. The number of unbranched alkanes of at least 4 members (excludes halogenated alkanes) is 8. The van der Waals surface area contributed by atoms with Gasteiger partial charge in [-0.05, 0) is 24.1 Å². The molecule has 0 N–H and O–H groups in total. The molecule has 0 saturated heterocycles. The van der Waals surface area contributed by atoms with Gasteiger partial charge in [0.2, 0.25) is 0 Å². The molecule has 0 bridgehead atoms. The first kappa shape index (κ1) is 25.7. The van der Waals surface area contributed by atoms with E-state index in [9.17, 15) is 10.5 Å². The first-order valence-electron chi connectivity index (χ1n) is 12.4. The van der Waals surface area contributed by atoms with Crippen LogP contribution in [0.2, 0.25) is 5.15 Å². The number of allylic oxidation sites excluding steroid dienone is 1. The average molecular weight is 476 g/mol. The molecule has 1 aliphatic heterocycles. The quantitative estimate of drug-likeness (QED) is 0.313. The van der Waals surface area contributed by atoms with E-state index in [1.54, 1.807) is 0 Å². The van der Waals surface area contributed by atoms with E-state index >= 15 is 0 Å². The number of para-hydroxylation sites is 1. The van der Waals surface area contributed by atoms with Gasteiger partial charge in [0.15, 0.2) is 16.5 Å². The fraction of sp³-hybridized carbons (Fsp3) is 0.500. The number of hydrogen-bond acceptors (Lipinski definition) is 5. The van der Waals surface area contributed by atoms with E-state index < -0.39 is 0 Å². The number of nitrogens with zero attached hydrogens (tertiary/aromatic N) is 5. The van der Waals surface area contributed by atoms with E-state index in [-0.39, 0.29) is 22.0 Å². The Morgan fingerprint density at radius 3 is 2.15 bits per heavy atom. The van der Waals surface area contributed by atoms with Crippen LogP contribution < -0.4 is 4.90 Å². The number of rotatable bonds is 11. The Morgan fingerprint density at radius 1 is 0.912 bits per heavy atom. The van der Waals surface area contributed by atoms with Crippen LogP contribution in [-0.2, 0) is 5.41 Å². The third-order valence-corrected chi connectivity index (χ3v) is 6.93. The zero-order chi connectivity index (χ0) is 24.6. The van der Waals surface area contributed by atoms with Crippen LogP contribution >= 0.6 is 11.6 Å². The Kier molecular flexibility index (Phi) is 9.08. The van der Waals surface area contributed by atoms with Gasteiger partial charge in [-0.25, -0.2) is 9.97 Å². The molecule has 178 valence electrons. The normalized spacial score (nSPS) is 15.2. The SMILES string of the molecule is CCCCCCCCCCCN1/C(=C/c2nc(C#N)c(C#N)nc2Cl)C(C)(C)c2ccccc21. The van der Waals surface area contributed by atoms with Gasteiger partial charge in [0.1, 0.15) is 17.8 Å². The van der Waals surface area contributed by atoms with Crippen LogP contribution in [-0.4, -0.2) is 16.5 Å². The fourth-order valence-corrected chi connectivity index (χ4v) is 4.91. The van der Waals surface area contributed by atoms with Gasteiger partial charge in [0.05, 0.1) is 0 Å². The van der Waals surface area contributed by atoms with E-state index in [1.165, 1.54) is 62.6 Å². The van der Waals surface area contributed by atoms with Crippen molar-refractivity contribution in [2.75, 3.05) is 11.4 Å². The van der Waals surface area contributed by atoms with Crippen LogP contribution in [0.5, 0.6) is 0 Å². The monoisotopic (exact) mass is 475 g/mol. The average Bonchev–Trinajstić information content (AvgIpc) is 3.05. The molecule has 0 atom stereocenters. The van der Waals surface area contributed by atoms with Crippen molar-refractivity contribution in [1.29, 1.82) is 10.5 Å². The highest BCUT2D eigenvalue weighted by Crippen LogP contribution is 2.48. The lowest BCUT2D eigenvalue weighted by molar-refractivity contribution is 0.562. The van der Waals surface area contributed by atoms with Crippen molar-refractivity contribution in [3.63, 3.8) is 0 Å². The lowest BCUT2D eigenvalue weighted by atomic mass is 9.83. The van der Waals surface area contributed by atoms with Crippen molar-refractivity contribution >= 4 is 23.4 Å². The van der Waals surface area contributed by atoms with Gasteiger partial charge < -0.3 is 4.90 Å². The largest absolute Gasteiger partial charge is 0.344 e. The van der Waals surface area contributed by atoms with E-state index in [0.29, 0.717) is 5.69 Å². The summed E-state index contributed by atoms with van der Waals surface area (Å²) in [6, 6.07) is 12.3. The van der Waals surface area contributed by atoms with Crippen LogP contribution in [0.15, 0.2) is 30.0 Å². The Labute approximate surface area is 209 Å². The molecule has 0 spiro atoms. The van der Waals surface area contributed by atoms with Crippen molar-refractivity contribution in [2.24, 2.45) is 0 Å². The second-order valence-corrected chi connectivity index (χ2v) is 9.83. The number of anilines is 1. The number of hydrogen-bond donors (Lipinski definition) is 0. The summed E-state index contributed by atoms with van der Waals surface area (Å²) < 4.78 is 0. The molecule has 0 unspecified atom stereocenters. The summed E-state index contributed by atoms with van der Waals surface area (Å²) in [5, 5.41) is 18.7. The molecule has 6 heteroatoms. The second-order valence-electron chi connectivity index (χ2n) is 9.47. The number of fused-ring (bicyclic) bond motifs is 1. The highest BCUT2D eigenvalue weighted by atomic mass is 35.5. The van der Waals surface area contributed by atoms with Gasteiger partial charge in [-0.2, -0.15) is 10.5 Å². The predicted octanol–water partition coefficient (Wildman–Crippen LogP) is 7.54. The summed E-state index contributed by atoms with van der Waals surface area (Å²) in [5.41, 5.74) is 3.67. The third-order valence-electron chi connectivity index (χ3n) is 6.65. The maximum Gasteiger partial charge on any atom is 0.178 e. The minimum atomic E-state index is -0.248. The lowest BCUT2D eigenvalue weighted by Gasteiger charge is -2.27. The molecule has 0 fully saturated rings. The van der Waals surface area contributed by atoms with E-state index in [1.807, 2.05) is 18.2 Å². The maximum atomic E-state index is 9.39. The van der Waals surface area contributed by atoms with Gasteiger partial charge in [-0.3, -0.25) is 0 Å². The molecule has 34 heavy (non-hydrogen) atoms. The molecule has 0 aliphatic carbocycles. The summed E-state index contributed by atoms with van der Waals surface area (Å²) >= 11 is 6.38. The fourth-order valence-electron chi connectivity index (χ4n) is 4.73. The van der Waals surface area contributed by atoms with E-state index in [2.05, 4.69) is 59.9 Å². The smallest absolute Gasteiger partial charge is 0.178 e. The number of nitriles is 2. The van der Waals surface area contributed by atoms with Crippen molar-refractivity contribution in [2.45, 2.75) is 84.0 Å². The Hall–Kier alpha value is -2.89. The van der Waals surface area contributed by atoms with Crippen LogP contribution in [0.3, 0.4) is 0 Å². The van der Waals surface area contributed by atoms with Crippen molar-refractivity contribution in [1.82, 2.24) is 9.97 Å². The third kappa shape index (κ3) is 5.78. The van der Waals surface area contributed by atoms with Crippen molar-refractivity contribution in [3.8, 4) is 12.1 Å². The summed E-state index contributed by atoms with van der Waals surface area (Å²) in [7, 11) is 0. The molecule has 3 rings (SSSR count). The van der Waals surface area contributed by atoms with Gasteiger partial charge >= 0.3 is 0 Å². The van der Waals surface area contributed by atoms with E-state index in [4.69, 9.17) is 11.6 Å². The molecule has 0 saturated carbocycles. The summed E-state index contributed by atoms with van der Waals surface area (Å²) in [6.45, 7) is 7.56. The van der Waals surface area contributed by atoms with Crippen LogP contribution in [0.4, 0.5) is 5.69 Å².